The van der Waals surface area contributed by atoms with E-state index in [0.717, 1.165) is 11.8 Å². The zero-order chi connectivity index (χ0) is 15.2. The highest BCUT2D eigenvalue weighted by Crippen LogP contribution is 2.04. The number of nitrogens with zero attached hydrogens (tertiary/aromatic N) is 3. The molecule has 0 unspecified atom stereocenters. The lowest BCUT2D eigenvalue weighted by atomic mass is 10.1. The van der Waals surface area contributed by atoms with Crippen LogP contribution >= 0.6 is 0 Å². The summed E-state index contributed by atoms with van der Waals surface area (Å²) in [6.45, 7) is 0.225. The summed E-state index contributed by atoms with van der Waals surface area (Å²) < 4.78 is 26.1. The molecule has 1 N–H and O–H groups in total. The summed E-state index contributed by atoms with van der Waals surface area (Å²) in [5, 5.41) is 11.1. The van der Waals surface area contributed by atoms with Crippen molar-refractivity contribution in [2.45, 2.75) is 6.42 Å². The van der Waals surface area contributed by atoms with Crippen LogP contribution in [0.25, 0.3) is 0 Å². The summed E-state index contributed by atoms with van der Waals surface area (Å²) in [6, 6.07) is 7.51. The Hall–Kier alpha value is -2.88. The number of rotatable bonds is 4. The number of nitrogens with one attached hydrogen (secondary N) is 1. The highest BCUT2D eigenvalue weighted by Gasteiger charge is 2.15. The first kappa shape index (κ1) is 14.5. The lowest BCUT2D eigenvalue weighted by molar-refractivity contribution is 0.0943. The van der Waals surface area contributed by atoms with Crippen LogP contribution in [0.2, 0.25) is 0 Å². The average molecular weight is 288 g/mol. The third-order valence-electron chi connectivity index (χ3n) is 2.67. The summed E-state index contributed by atoms with van der Waals surface area (Å²) in [7, 11) is 0. The summed E-state index contributed by atoms with van der Waals surface area (Å²) in [4.78, 5) is 18.6. The number of hydrogen-bond donors (Lipinski definition) is 1. The first-order valence-corrected chi connectivity index (χ1v) is 6.05. The minimum atomic E-state index is -1.03. The maximum absolute atomic E-state index is 13.4. The standard InChI is InChI=1S/C14H10F2N4O/c15-10-3-1-9(2-4-10)5-6-18-14(21)12-13(16)19-8-11(7-17)20-12/h1-4,8H,5-6H2,(H,18,21). The van der Waals surface area contributed by atoms with E-state index in [0.29, 0.717) is 6.42 Å². The van der Waals surface area contributed by atoms with Crippen molar-refractivity contribution >= 4 is 5.91 Å². The SMILES string of the molecule is N#Cc1cnc(F)c(C(=O)NCCc2ccc(F)cc2)n1. The Morgan fingerprint density at radius 1 is 1.29 bits per heavy atom. The van der Waals surface area contributed by atoms with Gasteiger partial charge in [-0.2, -0.15) is 9.65 Å². The van der Waals surface area contributed by atoms with Crippen molar-refractivity contribution in [3.05, 3.63) is 59.2 Å². The number of aromatic nitrogens is 2. The lowest BCUT2D eigenvalue weighted by Crippen LogP contribution is -2.28. The van der Waals surface area contributed by atoms with Crippen LogP contribution in [0.4, 0.5) is 8.78 Å². The summed E-state index contributed by atoms with van der Waals surface area (Å²) >= 11 is 0. The molecule has 5 nitrogen and oxygen atoms in total. The number of nitriles is 1. The van der Waals surface area contributed by atoms with Gasteiger partial charge in [-0.1, -0.05) is 12.1 Å². The number of carbonyl (C=O) groups excluding carboxylic acids is 1. The normalized spacial score (nSPS) is 9.95. The second-order valence-electron chi connectivity index (χ2n) is 4.14. The van der Waals surface area contributed by atoms with Crippen LogP contribution in [0.1, 0.15) is 21.7 Å². The van der Waals surface area contributed by atoms with Crippen LogP contribution in [0.15, 0.2) is 30.5 Å². The largest absolute Gasteiger partial charge is 0.350 e. The van der Waals surface area contributed by atoms with Crippen LogP contribution < -0.4 is 5.32 Å². The minimum Gasteiger partial charge on any atom is -0.350 e. The minimum absolute atomic E-state index is 0.139. The number of benzene rings is 1. The Morgan fingerprint density at radius 2 is 2.00 bits per heavy atom. The maximum atomic E-state index is 13.4. The van der Waals surface area contributed by atoms with Gasteiger partial charge in [0.25, 0.3) is 5.91 Å². The molecule has 0 radical (unpaired) electrons. The molecule has 7 heteroatoms. The second-order valence-corrected chi connectivity index (χ2v) is 4.14. The highest BCUT2D eigenvalue weighted by atomic mass is 19.1. The van der Waals surface area contributed by atoms with E-state index >= 15 is 0 Å². The highest BCUT2D eigenvalue weighted by molar-refractivity contribution is 5.92. The van der Waals surface area contributed by atoms with Gasteiger partial charge in [-0.05, 0) is 24.1 Å². The zero-order valence-electron chi connectivity index (χ0n) is 10.8. The molecule has 0 fully saturated rings. The second kappa shape index (κ2) is 6.52. The van der Waals surface area contributed by atoms with Crippen LogP contribution in [0.5, 0.6) is 0 Å². The van der Waals surface area contributed by atoms with Gasteiger partial charge < -0.3 is 5.32 Å². The lowest BCUT2D eigenvalue weighted by Gasteiger charge is -2.05. The summed E-state index contributed by atoms with van der Waals surface area (Å²) in [5.74, 6) is -2.12. The predicted octanol–water partition coefficient (Wildman–Crippen LogP) is 1.60. The van der Waals surface area contributed by atoms with E-state index in [2.05, 4.69) is 15.3 Å². The van der Waals surface area contributed by atoms with Crippen LogP contribution in [0.3, 0.4) is 0 Å². The fourth-order valence-corrected chi connectivity index (χ4v) is 1.63. The molecule has 1 aromatic carbocycles. The van der Waals surface area contributed by atoms with E-state index < -0.39 is 17.5 Å². The summed E-state index contributed by atoms with van der Waals surface area (Å²) in [6.07, 6.45) is 1.41. The molecule has 0 aliphatic carbocycles. The topological polar surface area (TPSA) is 78.7 Å². The van der Waals surface area contributed by atoms with Gasteiger partial charge in [-0.25, -0.2) is 14.4 Å². The Balaban J connectivity index is 1.96. The van der Waals surface area contributed by atoms with Crippen molar-refractivity contribution in [3.63, 3.8) is 0 Å². The third kappa shape index (κ3) is 3.79. The molecular weight excluding hydrogens is 278 g/mol. The fraction of sp³-hybridized carbons (Fsp3) is 0.143. The van der Waals surface area contributed by atoms with Crippen LogP contribution in [-0.2, 0) is 6.42 Å². The van der Waals surface area contributed by atoms with Gasteiger partial charge in [0.05, 0.1) is 6.20 Å². The van der Waals surface area contributed by atoms with E-state index in [1.807, 2.05) is 0 Å². The van der Waals surface area contributed by atoms with E-state index in [-0.39, 0.29) is 18.1 Å². The first-order chi connectivity index (χ1) is 10.1. The molecule has 1 aromatic heterocycles. The molecule has 0 aliphatic heterocycles. The Morgan fingerprint density at radius 3 is 2.67 bits per heavy atom. The Labute approximate surface area is 119 Å². The van der Waals surface area contributed by atoms with Crippen LogP contribution in [0, 0.1) is 23.1 Å². The number of hydrogen-bond acceptors (Lipinski definition) is 4. The molecule has 0 bridgehead atoms. The molecule has 0 saturated carbocycles. The van der Waals surface area contributed by atoms with E-state index in [1.54, 1.807) is 18.2 Å². The van der Waals surface area contributed by atoms with Crippen molar-refractivity contribution in [1.29, 1.82) is 5.26 Å². The molecule has 1 amide bonds. The molecule has 0 atom stereocenters. The van der Waals surface area contributed by atoms with Crippen molar-refractivity contribution in [1.82, 2.24) is 15.3 Å². The van der Waals surface area contributed by atoms with Crippen LogP contribution in [-0.4, -0.2) is 22.4 Å². The van der Waals surface area contributed by atoms with Gasteiger partial charge in [0.15, 0.2) is 11.4 Å². The van der Waals surface area contributed by atoms with E-state index in [1.165, 1.54) is 12.1 Å². The van der Waals surface area contributed by atoms with Crippen molar-refractivity contribution in [2.75, 3.05) is 6.54 Å². The van der Waals surface area contributed by atoms with Gasteiger partial charge in [-0.15, -0.1) is 0 Å². The molecule has 1 heterocycles. The maximum Gasteiger partial charge on any atom is 0.274 e. The van der Waals surface area contributed by atoms with Gasteiger partial charge in [0.1, 0.15) is 11.9 Å². The number of halogens is 2. The van der Waals surface area contributed by atoms with Gasteiger partial charge in [0, 0.05) is 6.54 Å². The first-order valence-electron chi connectivity index (χ1n) is 6.05. The Bertz CT molecular complexity index is 695. The van der Waals surface area contributed by atoms with Gasteiger partial charge in [0.2, 0.25) is 5.95 Å². The fourth-order valence-electron chi connectivity index (χ4n) is 1.63. The van der Waals surface area contributed by atoms with Gasteiger partial charge >= 0.3 is 0 Å². The molecule has 2 aromatic rings. The van der Waals surface area contributed by atoms with Crippen molar-refractivity contribution in [2.24, 2.45) is 0 Å². The molecule has 0 saturated heterocycles. The zero-order valence-corrected chi connectivity index (χ0v) is 10.8. The van der Waals surface area contributed by atoms with Crippen molar-refractivity contribution < 1.29 is 13.6 Å². The van der Waals surface area contributed by atoms with E-state index in [4.69, 9.17) is 5.26 Å². The molecule has 2 rings (SSSR count). The molecule has 21 heavy (non-hydrogen) atoms. The van der Waals surface area contributed by atoms with Crippen molar-refractivity contribution in [3.8, 4) is 6.07 Å². The Kier molecular flexibility index (Phi) is 4.51. The smallest absolute Gasteiger partial charge is 0.274 e. The average Bonchev–Trinajstić information content (AvgIpc) is 2.49. The monoisotopic (exact) mass is 288 g/mol. The number of carbonyl (C=O) groups is 1. The van der Waals surface area contributed by atoms with Gasteiger partial charge in [-0.3, -0.25) is 4.79 Å². The summed E-state index contributed by atoms with van der Waals surface area (Å²) in [5.41, 5.74) is 0.169. The van der Waals surface area contributed by atoms with E-state index in [9.17, 15) is 13.6 Å². The predicted molar refractivity (Wildman–Crippen MR) is 69.1 cm³/mol. The molecular formula is C14H10F2N4O. The third-order valence-corrected chi connectivity index (χ3v) is 2.67. The number of amides is 1. The molecule has 0 spiro atoms. The molecule has 106 valence electrons. The molecule has 0 aliphatic rings. The quantitative estimate of drug-likeness (QED) is 0.926.